The molecule has 1 heterocycles. The Bertz CT molecular complexity index is 287. The number of carboxylic acid groups (broad SMARTS) is 1. The van der Waals surface area contributed by atoms with Gasteiger partial charge in [0.15, 0.2) is 4.47 Å². The number of thiazole rings is 1. The number of carbonyl (C=O) groups is 1. The molecule has 0 saturated carbocycles. The number of carboxylic acids is 1. The van der Waals surface area contributed by atoms with Crippen molar-refractivity contribution >= 4 is 28.9 Å². The van der Waals surface area contributed by atoms with E-state index in [-0.39, 0.29) is 12.3 Å². The second-order valence-corrected chi connectivity index (χ2v) is 4.16. The lowest BCUT2D eigenvalue weighted by atomic mass is 10.1. The zero-order chi connectivity index (χ0) is 9.14. The van der Waals surface area contributed by atoms with Gasteiger partial charge in [-0.1, -0.05) is 18.5 Å². The van der Waals surface area contributed by atoms with E-state index in [1.54, 1.807) is 6.20 Å². The average molecular weight is 206 g/mol. The molecule has 3 nitrogen and oxygen atoms in total. The highest BCUT2D eigenvalue weighted by Crippen LogP contribution is 2.27. The van der Waals surface area contributed by atoms with Gasteiger partial charge in [0.2, 0.25) is 0 Å². The first-order chi connectivity index (χ1) is 5.59. The van der Waals surface area contributed by atoms with E-state index in [9.17, 15) is 4.79 Å². The molecule has 0 bridgehead atoms. The number of hydrogen-bond donors (Lipinski definition) is 1. The SMILES string of the molecule is CC(CC(=O)O)c1cnc(Cl)s1. The van der Waals surface area contributed by atoms with Gasteiger partial charge < -0.3 is 5.11 Å². The summed E-state index contributed by atoms with van der Waals surface area (Å²) in [6, 6.07) is 0. The van der Waals surface area contributed by atoms with Gasteiger partial charge in [0.25, 0.3) is 0 Å². The Morgan fingerprint density at radius 1 is 1.92 bits per heavy atom. The maximum Gasteiger partial charge on any atom is 0.303 e. The van der Waals surface area contributed by atoms with Crippen molar-refractivity contribution in [3.05, 3.63) is 15.5 Å². The summed E-state index contributed by atoms with van der Waals surface area (Å²) in [5.41, 5.74) is 0. The van der Waals surface area contributed by atoms with Crippen molar-refractivity contribution in [3.8, 4) is 0 Å². The molecule has 0 aliphatic rings. The van der Waals surface area contributed by atoms with E-state index in [2.05, 4.69) is 4.98 Å². The van der Waals surface area contributed by atoms with Crippen LogP contribution in [0.15, 0.2) is 6.20 Å². The lowest BCUT2D eigenvalue weighted by molar-refractivity contribution is -0.137. The first-order valence-electron chi connectivity index (χ1n) is 3.42. The van der Waals surface area contributed by atoms with E-state index in [4.69, 9.17) is 16.7 Å². The summed E-state index contributed by atoms with van der Waals surface area (Å²) < 4.78 is 0.460. The number of aliphatic carboxylic acids is 1. The van der Waals surface area contributed by atoms with Crippen molar-refractivity contribution in [1.29, 1.82) is 0 Å². The molecule has 0 radical (unpaired) electrons. The van der Waals surface area contributed by atoms with Gasteiger partial charge in [-0.25, -0.2) is 4.98 Å². The third kappa shape index (κ3) is 2.46. The molecule has 1 N–H and O–H groups in total. The van der Waals surface area contributed by atoms with Gasteiger partial charge in [-0.05, 0) is 0 Å². The van der Waals surface area contributed by atoms with Crippen LogP contribution in [0.5, 0.6) is 0 Å². The van der Waals surface area contributed by atoms with Gasteiger partial charge in [0.1, 0.15) is 0 Å². The number of hydrogen-bond acceptors (Lipinski definition) is 3. The average Bonchev–Trinajstić information content (AvgIpc) is 2.34. The molecule has 0 aliphatic heterocycles. The molecular weight excluding hydrogens is 198 g/mol. The fraction of sp³-hybridized carbons (Fsp3) is 0.429. The number of halogens is 1. The zero-order valence-electron chi connectivity index (χ0n) is 6.45. The summed E-state index contributed by atoms with van der Waals surface area (Å²) in [5.74, 6) is -0.806. The van der Waals surface area contributed by atoms with Crippen LogP contribution in [0.3, 0.4) is 0 Å². The van der Waals surface area contributed by atoms with E-state index in [1.807, 2.05) is 6.92 Å². The van der Waals surface area contributed by atoms with Crippen LogP contribution in [0.4, 0.5) is 0 Å². The monoisotopic (exact) mass is 205 g/mol. The number of nitrogens with zero attached hydrogens (tertiary/aromatic N) is 1. The minimum Gasteiger partial charge on any atom is -0.481 e. The van der Waals surface area contributed by atoms with Crippen LogP contribution in [0.1, 0.15) is 24.1 Å². The molecule has 0 aliphatic carbocycles. The highest BCUT2D eigenvalue weighted by Gasteiger charge is 2.12. The molecule has 0 spiro atoms. The molecule has 0 fully saturated rings. The Hall–Kier alpha value is -0.610. The fourth-order valence-electron chi connectivity index (χ4n) is 0.855. The summed E-state index contributed by atoms with van der Waals surface area (Å²) in [4.78, 5) is 15.1. The fourth-order valence-corrected chi connectivity index (χ4v) is 1.86. The molecule has 0 amide bonds. The van der Waals surface area contributed by atoms with Gasteiger partial charge in [0, 0.05) is 17.0 Å². The second kappa shape index (κ2) is 3.87. The van der Waals surface area contributed by atoms with Crippen LogP contribution in [0.2, 0.25) is 4.47 Å². The Kier molecular flexibility index (Phi) is 3.05. The molecular formula is C7H8ClNO2S. The number of aromatic nitrogens is 1. The molecule has 5 heteroatoms. The largest absolute Gasteiger partial charge is 0.481 e. The van der Waals surface area contributed by atoms with E-state index >= 15 is 0 Å². The highest BCUT2D eigenvalue weighted by atomic mass is 35.5. The molecule has 0 aromatic carbocycles. The molecule has 1 aromatic rings. The van der Waals surface area contributed by atoms with Crippen molar-refractivity contribution < 1.29 is 9.90 Å². The molecule has 1 rings (SSSR count). The summed E-state index contributed by atoms with van der Waals surface area (Å²) in [6.45, 7) is 1.85. The van der Waals surface area contributed by atoms with Crippen molar-refractivity contribution in [2.24, 2.45) is 0 Å². The van der Waals surface area contributed by atoms with E-state index in [0.29, 0.717) is 4.47 Å². The van der Waals surface area contributed by atoms with Crippen LogP contribution >= 0.6 is 22.9 Å². The number of rotatable bonds is 3. The van der Waals surface area contributed by atoms with Crippen molar-refractivity contribution in [1.82, 2.24) is 4.98 Å². The zero-order valence-corrected chi connectivity index (χ0v) is 8.02. The lowest BCUT2D eigenvalue weighted by Gasteiger charge is -2.02. The second-order valence-electron chi connectivity index (χ2n) is 2.51. The molecule has 1 aromatic heterocycles. The molecule has 66 valence electrons. The minimum atomic E-state index is -0.799. The van der Waals surface area contributed by atoms with E-state index in [1.165, 1.54) is 11.3 Å². The van der Waals surface area contributed by atoms with Gasteiger partial charge >= 0.3 is 5.97 Å². The van der Waals surface area contributed by atoms with Crippen LogP contribution in [0.25, 0.3) is 0 Å². The van der Waals surface area contributed by atoms with E-state index < -0.39 is 5.97 Å². The van der Waals surface area contributed by atoms with Gasteiger partial charge in [-0.15, -0.1) is 11.3 Å². The summed E-state index contributed by atoms with van der Waals surface area (Å²) in [5, 5.41) is 8.50. The maximum atomic E-state index is 10.3. The van der Waals surface area contributed by atoms with Crippen molar-refractivity contribution in [2.75, 3.05) is 0 Å². The quantitative estimate of drug-likeness (QED) is 0.824. The molecule has 1 unspecified atom stereocenters. The predicted octanol–water partition coefficient (Wildman–Crippen LogP) is 2.37. The Morgan fingerprint density at radius 2 is 2.58 bits per heavy atom. The predicted molar refractivity (Wildman–Crippen MR) is 47.8 cm³/mol. The smallest absolute Gasteiger partial charge is 0.303 e. The normalized spacial score (nSPS) is 12.8. The Morgan fingerprint density at radius 3 is 3.00 bits per heavy atom. The van der Waals surface area contributed by atoms with Crippen LogP contribution in [0, 0.1) is 0 Å². The first-order valence-corrected chi connectivity index (χ1v) is 4.62. The Balaban J connectivity index is 2.64. The highest BCUT2D eigenvalue weighted by molar-refractivity contribution is 7.15. The molecule has 12 heavy (non-hydrogen) atoms. The first kappa shape index (κ1) is 9.48. The third-order valence-electron chi connectivity index (χ3n) is 1.46. The summed E-state index contributed by atoms with van der Waals surface area (Å²) in [6.07, 6.45) is 1.75. The standard InChI is InChI=1S/C7H8ClNO2S/c1-4(2-6(10)11)5-3-9-7(8)12-5/h3-4H,2H2,1H3,(H,10,11). The van der Waals surface area contributed by atoms with Crippen LogP contribution in [-0.4, -0.2) is 16.1 Å². The van der Waals surface area contributed by atoms with Crippen LogP contribution in [-0.2, 0) is 4.79 Å². The summed E-state index contributed by atoms with van der Waals surface area (Å²) in [7, 11) is 0. The van der Waals surface area contributed by atoms with Crippen molar-refractivity contribution in [3.63, 3.8) is 0 Å². The lowest BCUT2D eigenvalue weighted by Crippen LogP contribution is -2.00. The summed E-state index contributed by atoms with van der Waals surface area (Å²) >= 11 is 6.93. The van der Waals surface area contributed by atoms with Crippen molar-refractivity contribution in [2.45, 2.75) is 19.3 Å². The maximum absolute atomic E-state index is 10.3. The van der Waals surface area contributed by atoms with Gasteiger partial charge in [-0.2, -0.15) is 0 Å². The third-order valence-corrected chi connectivity index (χ3v) is 2.81. The molecule has 1 atom stereocenters. The van der Waals surface area contributed by atoms with E-state index in [0.717, 1.165) is 4.88 Å². The van der Waals surface area contributed by atoms with Crippen LogP contribution < -0.4 is 0 Å². The minimum absolute atomic E-state index is 0.00694. The van der Waals surface area contributed by atoms with Gasteiger partial charge in [0.05, 0.1) is 6.42 Å². The van der Waals surface area contributed by atoms with Gasteiger partial charge in [-0.3, -0.25) is 4.79 Å². The topological polar surface area (TPSA) is 50.2 Å². The molecule has 0 saturated heterocycles. The Labute approximate surface area is 79.0 Å².